The van der Waals surface area contributed by atoms with Gasteiger partial charge < -0.3 is 33.8 Å². The third-order valence-electron chi connectivity index (χ3n) is 17.7. The van der Waals surface area contributed by atoms with Crippen LogP contribution >= 0.6 is 15.6 Å². The molecule has 3 N–H and O–H groups in total. The van der Waals surface area contributed by atoms with Crippen LogP contribution in [0, 0.1) is 0 Å². The van der Waals surface area contributed by atoms with E-state index in [0.717, 1.165) is 141 Å². The lowest BCUT2D eigenvalue weighted by Crippen LogP contribution is -2.30. The molecule has 0 aliphatic rings. The lowest BCUT2D eigenvalue weighted by atomic mass is 10.0. The predicted molar refractivity (Wildman–Crippen MR) is 418 cm³/mol. The highest BCUT2D eigenvalue weighted by Gasteiger charge is 2.30. The normalized spacial score (nSPS) is 14.2. The minimum absolute atomic E-state index is 0.0928. The highest BCUT2D eigenvalue weighted by molar-refractivity contribution is 7.47. The first-order valence-electron chi connectivity index (χ1n) is 41.2. The van der Waals surface area contributed by atoms with E-state index in [2.05, 4.69) is 101 Å². The van der Waals surface area contributed by atoms with Crippen LogP contribution in [0.3, 0.4) is 0 Å². The van der Waals surface area contributed by atoms with Gasteiger partial charge in [0.2, 0.25) is 0 Å². The third-order valence-corrected chi connectivity index (χ3v) is 19.6. The van der Waals surface area contributed by atoms with Crippen LogP contribution in [0.1, 0.15) is 374 Å². The number of rotatable bonds is 78. The number of carbonyl (C=O) groups excluding carboxylic acids is 4. The molecule has 0 aliphatic heterocycles. The van der Waals surface area contributed by atoms with E-state index in [-0.39, 0.29) is 25.7 Å². The van der Waals surface area contributed by atoms with E-state index >= 15 is 0 Å². The molecule has 594 valence electrons. The summed E-state index contributed by atoms with van der Waals surface area (Å²) in [6.07, 6.45) is 77.3. The smallest absolute Gasteiger partial charge is 0.462 e. The van der Waals surface area contributed by atoms with Gasteiger partial charge in [0, 0.05) is 25.7 Å². The molecular formula is C83H150O17P2. The fourth-order valence-corrected chi connectivity index (χ4v) is 13.0. The van der Waals surface area contributed by atoms with Crippen molar-refractivity contribution >= 4 is 39.5 Å². The fourth-order valence-electron chi connectivity index (χ4n) is 11.4. The second-order valence-electron chi connectivity index (χ2n) is 27.7. The van der Waals surface area contributed by atoms with E-state index in [9.17, 15) is 43.2 Å². The molecule has 0 aromatic heterocycles. The van der Waals surface area contributed by atoms with Crippen molar-refractivity contribution in [2.45, 2.75) is 393 Å². The molecule has 0 aromatic rings. The van der Waals surface area contributed by atoms with Gasteiger partial charge in [0.25, 0.3) is 0 Å². The van der Waals surface area contributed by atoms with Crippen molar-refractivity contribution < 1.29 is 80.2 Å². The second kappa shape index (κ2) is 75.7. The van der Waals surface area contributed by atoms with Crippen molar-refractivity contribution in [1.29, 1.82) is 0 Å². The molecule has 0 amide bonds. The zero-order valence-electron chi connectivity index (χ0n) is 65.0. The van der Waals surface area contributed by atoms with Crippen molar-refractivity contribution in [2.75, 3.05) is 39.6 Å². The third kappa shape index (κ3) is 74.8. The number of ether oxygens (including phenoxy) is 4. The number of hydrogen-bond donors (Lipinski definition) is 3. The number of aliphatic hydroxyl groups is 1. The summed E-state index contributed by atoms with van der Waals surface area (Å²) in [6.45, 7) is 4.79. The number of unbranched alkanes of at least 4 members (excludes halogenated alkanes) is 40. The number of phosphoric ester groups is 2. The first-order chi connectivity index (χ1) is 49.7. The summed E-state index contributed by atoms with van der Waals surface area (Å²) < 4.78 is 68.7. The van der Waals surface area contributed by atoms with Gasteiger partial charge in [-0.3, -0.25) is 37.3 Å². The van der Waals surface area contributed by atoms with Crippen LogP contribution in [0.25, 0.3) is 0 Å². The SMILES string of the molecule is CC/C=C\C/C=C\C/C=C\C/C=C\C/C=C\CCCCCC(=O)OC[C@H](COP(=O)(O)OC[C@@H](O)COP(=O)(O)OC[C@@H](COC(=O)CCCCCCC/C=C\CCCCCC)OC(=O)CCCCCCCCCCCCCCCCC)OC(=O)CCCCCCCCCCCCCCCCC. The Morgan fingerprint density at radius 2 is 0.510 bits per heavy atom. The molecule has 0 heterocycles. The van der Waals surface area contributed by atoms with Crippen molar-refractivity contribution in [3.63, 3.8) is 0 Å². The average Bonchev–Trinajstić information content (AvgIpc) is 0.920. The van der Waals surface area contributed by atoms with Crippen LogP contribution in [0.15, 0.2) is 72.9 Å². The molecule has 0 saturated heterocycles. The maximum absolute atomic E-state index is 13.1. The van der Waals surface area contributed by atoms with Gasteiger partial charge in [0.1, 0.15) is 19.3 Å². The van der Waals surface area contributed by atoms with Crippen LogP contribution in [0.5, 0.6) is 0 Å². The monoisotopic (exact) mass is 1480 g/mol. The number of hydrogen-bond acceptors (Lipinski definition) is 15. The Labute approximate surface area is 622 Å². The van der Waals surface area contributed by atoms with E-state index in [4.69, 9.17) is 37.0 Å². The molecule has 5 atom stereocenters. The summed E-state index contributed by atoms with van der Waals surface area (Å²) in [5.41, 5.74) is 0. The summed E-state index contributed by atoms with van der Waals surface area (Å²) in [5, 5.41) is 10.6. The number of aliphatic hydroxyl groups excluding tert-OH is 1. The molecule has 0 fully saturated rings. The minimum atomic E-state index is -4.98. The number of esters is 4. The molecule has 0 bridgehead atoms. The van der Waals surface area contributed by atoms with Gasteiger partial charge >= 0.3 is 39.5 Å². The first kappa shape index (κ1) is 98.5. The molecule has 19 heteroatoms. The molecule has 0 aromatic carbocycles. The van der Waals surface area contributed by atoms with Gasteiger partial charge in [-0.2, -0.15) is 0 Å². The molecule has 0 spiro atoms. The summed E-state index contributed by atoms with van der Waals surface area (Å²) >= 11 is 0. The highest BCUT2D eigenvalue weighted by Crippen LogP contribution is 2.45. The number of allylic oxidation sites excluding steroid dienone is 12. The van der Waals surface area contributed by atoms with E-state index in [1.54, 1.807) is 0 Å². The Bertz CT molecular complexity index is 2210. The molecular weight excluding hydrogens is 1330 g/mol. The summed E-state index contributed by atoms with van der Waals surface area (Å²) in [4.78, 5) is 73.0. The van der Waals surface area contributed by atoms with E-state index in [1.165, 1.54) is 154 Å². The fraction of sp³-hybridized carbons (Fsp3) is 0.807. The van der Waals surface area contributed by atoms with E-state index in [1.807, 2.05) is 0 Å². The maximum Gasteiger partial charge on any atom is 0.472 e. The van der Waals surface area contributed by atoms with Crippen LogP contribution < -0.4 is 0 Å². The van der Waals surface area contributed by atoms with E-state index < -0.39 is 97.5 Å². The summed E-state index contributed by atoms with van der Waals surface area (Å²) in [7, 11) is -9.95. The molecule has 0 rings (SSSR count). The molecule has 2 unspecified atom stereocenters. The molecule has 0 radical (unpaired) electrons. The lowest BCUT2D eigenvalue weighted by molar-refractivity contribution is -0.161. The second-order valence-corrected chi connectivity index (χ2v) is 30.6. The minimum Gasteiger partial charge on any atom is -0.462 e. The standard InChI is InChI=1S/C83H150O17P2/c1-5-9-13-17-21-25-29-33-36-37-38-39-42-44-48-52-56-60-64-68-81(86)94-74-79(100-83(88)70-66-62-58-54-50-46-41-35-31-27-23-19-15-11-7-3)76-98-102(91,92)96-72-77(84)71-95-101(89,90)97-75-78(73-93-80(85)67-63-59-55-51-47-43-32-28-24-20-16-12-8-4)99-82(87)69-65-61-57-53-49-45-40-34-30-26-22-18-14-10-6-2/h9,13,21,25,28,32-33,36,38-39,44,48,77-79,84H,5-8,10-12,14-20,22-24,26-27,29-31,34-35,37,40-43,45-47,49-76H2,1-4H3,(H,89,90)(H,91,92)/b13-9-,25-21-,32-28-,36-33-,39-38-,48-44-/t77-,78+,79+/m0/s1. The average molecular weight is 1480 g/mol. The predicted octanol–water partition coefficient (Wildman–Crippen LogP) is 24.0. The quantitative estimate of drug-likeness (QED) is 0.0169. The maximum atomic E-state index is 13.1. The lowest BCUT2D eigenvalue weighted by Gasteiger charge is -2.21. The van der Waals surface area contributed by atoms with Crippen LogP contribution in [0.2, 0.25) is 0 Å². The van der Waals surface area contributed by atoms with E-state index in [0.29, 0.717) is 25.7 Å². The van der Waals surface area contributed by atoms with Gasteiger partial charge in [0.15, 0.2) is 12.2 Å². The van der Waals surface area contributed by atoms with Gasteiger partial charge in [-0.1, -0.05) is 325 Å². The Hall–Kier alpha value is -3.50. The number of carbonyl (C=O) groups is 4. The van der Waals surface area contributed by atoms with Crippen LogP contribution in [0.4, 0.5) is 0 Å². The molecule has 0 aliphatic carbocycles. The van der Waals surface area contributed by atoms with Gasteiger partial charge in [-0.25, -0.2) is 9.13 Å². The topological polar surface area (TPSA) is 237 Å². The van der Waals surface area contributed by atoms with Crippen molar-refractivity contribution in [2.24, 2.45) is 0 Å². The Kier molecular flexibility index (Phi) is 73.1. The summed E-state index contributed by atoms with van der Waals surface area (Å²) in [6, 6.07) is 0. The zero-order valence-corrected chi connectivity index (χ0v) is 66.8. The highest BCUT2D eigenvalue weighted by atomic mass is 31.2. The van der Waals surface area contributed by atoms with Crippen LogP contribution in [-0.4, -0.2) is 96.7 Å². The first-order valence-corrected chi connectivity index (χ1v) is 44.2. The Balaban J connectivity index is 5.35. The van der Waals surface area contributed by atoms with Crippen molar-refractivity contribution in [1.82, 2.24) is 0 Å². The largest absolute Gasteiger partial charge is 0.472 e. The van der Waals surface area contributed by atoms with Crippen molar-refractivity contribution in [3.8, 4) is 0 Å². The molecule has 102 heavy (non-hydrogen) atoms. The molecule has 17 nitrogen and oxygen atoms in total. The Morgan fingerprint density at radius 1 is 0.284 bits per heavy atom. The Morgan fingerprint density at radius 3 is 0.814 bits per heavy atom. The van der Waals surface area contributed by atoms with Crippen molar-refractivity contribution in [3.05, 3.63) is 72.9 Å². The van der Waals surface area contributed by atoms with Gasteiger partial charge in [0.05, 0.1) is 26.4 Å². The molecule has 0 saturated carbocycles. The number of phosphoric acid groups is 2. The van der Waals surface area contributed by atoms with Gasteiger partial charge in [-0.05, 0) is 96.3 Å². The summed E-state index contributed by atoms with van der Waals surface area (Å²) in [5.74, 6) is -2.18. The van der Waals surface area contributed by atoms with Gasteiger partial charge in [-0.15, -0.1) is 0 Å². The van der Waals surface area contributed by atoms with Crippen LogP contribution in [-0.2, 0) is 65.4 Å². The zero-order chi connectivity index (χ0) is 74.6.